The molecule has 0 aromatic carbocycles. The fourth-order valence-corrected chi connectivity index (χ4v) is 2.54. The Morgan fingerprint density at radius 1 is 1.50 bits per heavy atom. The van der Waals surface area contributed by atoms with E-state index < -0.39 is 29.9 Å². The predicted octanol–water partition coefficient (Wildman–Crippen LogP) is -1.82. The van der Waals surface area contributed by atoms with Gasteiger partial charge in [0.2, 0.25) is 11.8 Å². The van der Waals surface area contributed by atoms with Crippen molar-refractivity contribution in [3.8, 4) is 0 Å². The minimum Gasteiger partial charge on any atom is -0.480 e. The number of carboxylic acid groups (broad SMARTS) is 1. The molecule has 1 aliphatic rings. The van der Waals surface area contributed by atoms with Crippen molar-refractivity contribution in [2.45, 2.75) is 18.5 Å². The first kappa shape index (κ1) is 12.8. The number of primary amides is 1. The molecule has 1 aliphatic heterocycles. The molecule has 0 saturated carbocycles. The second-order valence-electron chi connectivity index (χ2n) is 3.44. The molecule has 8 heteroatoms. The molecule has 1 heterocycles. The molecule has 90 valence electrons. The number of thioether (sulfide) groups is 1. The summed E-state index contributed by atoms with van der Waals surface area (Å²) in [4.78, 5) is 34.3. The van der Waals surface area contributed by atoms with E-state index in [2.05, 4.69) is 0 Å². The molecule has 0 spiro atoms. The average molecular weight is 247 g/mol. The van der Waals surface area contributed by atoms with Gasteiger partial charge in [-0.3, -0.25) is 9.59 Å². The molecule has 1 fully saturated rings. The van der Waals surface area contributed by atoms with E-state index in [0.717, 1.165) is 0 Å². The van der Waals surface area contributed by atoms with Gasteiger partial charge in [0, 0.05) is 5.75 Å². The van der Waals surface area contributed by atoms with Crippen LogP contribution in [-0.4, -0.2) is 51.5 Å². The number of carboxylic acids is 1. The molecule has 16 heavy (non-hydrogen) atoms. The Balaban J connectivity index is 2.65. The Kier molecular flexibility index (Phi) is 4.13. The third kappa shape index (κ3) is 2.86. The Bertz CT molecular complexity index is 322. The van der Waals surface area contributed by atoms with Gasteiger partial charge in [-0.25, -0.2) is 4.79 Å². The summed E-state index contributed by atoms with van der Waals surface area (Å²) in [5.41, 5.74) is 10.4. The number of hydrogen-bond donors (Lipinski definition) is 3. The molecule has 2 unspecified atom stereocenters. The fourth-order valence-electron chi connectivity index (χ4n) is 1.38. The number of aliphatic carboxylic acids is 1. The van der Waals surface area contributed by atoms with Gasteiger partial charge in [0.05, 0.1) is 18.3 Å². The predicted molar refractivity (Wildman–Crippen MR) is 57.4 cm³/mol. The largest absolute Gasteiger partial charge is 0.480 e. The van der Waals surface area contributed by atoms with Crippen LogP contribution in [0.4, 0.5) is 0 Å². The lowest BCUT2D eigenvalue weighted by molar-refractivity contribution is -0.148. The Hall–Kier alpha value is -1.28. The van der Waals surface area contributed by atoms with E-state index in [4.69, 9.17) is 16.6 Å². The summed E-state index contributed by atoms with van der Waals surface area (Å²) in [6, 6.07) is -1.92. The summed E-state index contributed by atoms with van der Waals surface area (Å²) in [6.45, 7) is 0. The van der Waals surface area contributed by atoms with Gasteiger partial charge in [-0.05, 0) is 0 Å². The third-order valence-corrected chi connectivity index (χ3v) is 3.20. The van der Waals surface area contributed by atoms with Crippen molar-refractivity contribution in [1.29, 1.82) is 0 Å². The minimum absolute atomic E-state index is 0.271. The van der Waals surface area contributed by atoms with Crippen molar-refractivity contribution in [3.63, 3.8) is 0 Å². The number of carbonyl (C=O) groups is 3. The zero-order valence-corrected chi connectivity index (χ0v) is 9.27. The number of nitrogens with zero attached hydrogens (tertiary/aromatic N) is 1. The molecule has 0 aliphatic carbocycles. The van der Waals surface area contributed by atoms with Crippen LogP contribution in [0, 0.1) is 0 Å². The van der Waals surface area contributed by atoms with Crippen LogP contribution in [0.25, 0.3) is 0 Å². The van der Waals surface area contributed by atoms with Gasteiger partial charge in [-0.15, -0.1) is 11.8 Å². The number of amides is 2. The maximum Gasteiger partial charge on any atom is 0.327 e. The van der Waals surface area contributed by atoms with E-state index in [9.17, 15) is 14.4 Å². The number of rotatable bonds is 4. The van der Waals surface area contributed by atoms with Gasteiger partial charge in [0.15, 0.2) is 0 Å². The first-order valence-corrected chi connectivity index (χ1v) is 5.74. The van der Waals surface area contributed by atoms with Gasteiger partial charge in [0.1, 0.15) is 6.04 Å². The molecular formula is C8H13N3O4S. The number of nitrogens with two attached hydrogens (primary N) is 2. The Morgan fingerprint density at radius 3 is 2.62 bits per heavy atom. The van der Waals surface area contributed by atoms with E-state index in [1.165, 1.54) is 16.7 Å². The van der Waals surface area contributed by atoms with Gasteiger partial charge in [-0.2, -0.15) is 0 Å². The van der Waals surface area contributed by atoms with Crippen molar-refractivity contribution < 1.29 is 19.5 Å². The van der Waals surface area contributed by atoms with Crippen LogP contribution in [0.3, 0.4) is 0 Å². The monoisotopic (exact) mass is 247 g/mol. The highest BCUT2D eigenvalue weighted by Gasteiger charge is 2.36. The van der Waals surface area contributed by atoms with Crippen LogP contribution < -0.4 is 11.5 Å². The lowest BCUT2D eigenvalue weighted by Gasteiger charge is -2.23. The van der Waals surface area contributed by atoms with Crippen LogP contribution in [0.15, 0.2) is 0 Å². The molecule has 0 radical (unpaired) electrons. The summed E-state index contributed by atoms with van der Waals surface area (Å²) in [5, 5.41) is 8.86. The smallest absolute Gasteiger partial charge is 0.327 e. The Morgan fingerprint density at radius 2 is 2.12 bits per heavy atom. The number of hydrogen-bond acceptors (Lipinski definition) is 5. The molecule has 7 nitrogen and oxygen atoms in total. The summed E-state index contributed by atoms with van der Waals surface area (Å²) < 4.78 is 0. The SMILES string of the molecule is NC(=O)CC(N)C(=O)N1CSCC1C(=O)O. The van der Waals surface area contributed by atoms with Crippen molar-refractivity contribution in [3.05, 3.63) is 0 Å². The lowest BCUT2D eigenvalue weighted by atomic mass is 10.1. The van der Waals surface area contributed by atoms with Crippen LogP contribution in [0.2, 0.25) is 0 Å². The Labute approximate surface area is 96.1 Å². The standard InChI is InChI=1S/C8H13N3O4S/c9-4(1-6(10)12)7(13)11-3-16-2-5(11)8(14)15/h4-5H,1-3,9H2,(H2,10,12)(H,14,15). The van der Waals surface area contributed by atoms with Gasteiger partial charge in [0.25, 0.3) is 0 Å². The summed E-state index contributed by atoms with van der Waals surface area (Å²) in [6.07, 6.45) is -0.271. The van der Waals surface area contributed by atoms with Gasteiger partial charge < -0.3 is 21.5 Å². The molecule has 0 aromatic heterocycles. The van der Waals surface area contributed by atoms with E-state index in [1.54, 1.807) is 0 Å². The van der Waals surface area contributed by atoms with Crippen molar-refractivity contribution in [2.24, 2.45) is 11.5 Å². The second kappa shape index (κ2) is 5.17. The fraction of sp³-hybridized carbons (Fsp3) is 0.625. The zero-order chi connectivity index (χ0) is 12.3. The quantitative estimate of drug-likeness (QED) is 0.536. The normalized spacial score (nSPS) is 21.8. The molecule has 2 amide bonds. The van der Waals surface area contributed by atoms with E-state index in [-0.39, 0.29) is 12.3 Å². The molecule has 5 N–H and O–H groups in total. The summed E-state index contributed by atoms with van der Waals surface area (Å²) in [7, 11) is 0. The number of carbonyl (C=O) groups excluding carboxylic acids is 2. The van der Waals surface area contributed by atoms with Crippen molar-refractivity contribution in [2.75, 3.05) is 11.6 Å². The van der Waals surface area contributed by atoms with Crippen LogP contribution in [0.1, 0.15) is 6.42 Å². The molecule has 2 atom stereocenters. The lowest BCUT2D eigenvalue weighted by Crippen LogP contribution is -2.50. The first-order valence-electron chi connectivity index (χ1n) is 4.58. The van der Waals surface area contributed by atoms with E-state index in [0.29, 0.717) is 5.75 Å². The third-order valence-electron chi connectivity index (χ3n) is 2.19. The van der Waals surface area contributed by atoms with Gasteiger partial charge in [-0.1, -0.05) is 0 Å². The second-order valence-corrected chi connectivity index (χ2v) is 4.44. The first-order chi connectivity index (χ1) is 7.43. The highest BCUT2D eigenvalue weighted by atomic mass is 32.2. The molecule has 1 saturated heterocycles. The topological polar surface area (TPSA) is 127 Å². The maximum absolute atomic E-state index is 11.7. The summed E-state index contributed by atoms with van der Waals surface area (Å²) >= 11 is 1.34. The molecule has 1 rings (SSSR count). The average Bonchev–Trinajstić information content (AvgIpc) is 2.63. The molecule has 0 bridgehead atoms. The van der Waals surface area contributed by atoms with Crippen LogP contribution >= 0.6 is 11.8 Å². The van der Waals surface area contributed by atoms with Crippen molar-refractivity contribution >= 4 is 29.5 Å². The van der Waals surface area contributed by atoms with E-state index >= 15 is 0 Å². The van der Waals surface area contributed by atoms with Crippen molar-refractivity contribution in [1.82, 2.24) is 4.90 Å². The maximum atomic E-state index is 11.7. The van der Waals surface area contributed by atoms with Gasteiger partial charge >= 0.3 is 5.97 Å². The highest BCUT2D eigenvalue weighted by molar-refractivity contribution is 7.99. The zero-order valence-electron chi connectivity index (χ0n) is 8.46. The van der Waals surface area contributed by atoms with Crippen LogP contribution in [-0.2, 0) is 14.4 Å². The van der Waals surface area contributed by atoms with Crippen LogP contribution in [0.5, 0.6) is 0 Å². The molecular weight excluding hydrogens is 234 g/mol. The summed E-state index contributed by atoms with van der Waals surface area (Å²) in [5.74, 6) is -1.67. The molecule has 0 aromatic rings. The van der Waals surface area contributed by atoms with E-state index in [1.807, 2.05) is 0 Å². The highest BCUT2D eigenvalue weighted by Crippen LogP contribution is 2.21. The minimum atomic E-state index is -1.07.